The number of sulfone groups is 1. The normalized spacial score (nSPS) is 22.5. The minimum Gasteiger partial charge on any atom is -0.361 e. The number of H-pyrrole nitrogens is 1. The number of aromatic nitrogens is 1. The van der Waals surface area contributed by atoms with Crippen molar-refractivity contribution in [2.45, 2.75) is 42.3 Å². The highest BCUT2D eigenvalue weighted by Crippen LogP contribution is 2.25. The third-order valence-electron chi connectivity index (χ3n) is 6.69. The fraction of sp³-hybridized carbons (Fsp3) is 0.320. The summed E-state index contributed by atoms with van der Waals surface area (Å²) in [5.41, 5.74) is 1.93. The molecule has 0 aliphatic carbocycles. The molecule has 2 aliphatic heterocycles. The molecule has 2 fully saturated rings. The van der Waals surface area contributed by atoms with Crippen LogP contribution in [0.4, 0.5) is 0 Å². The molecule has 0 unspecified atom stereocenters. The molecule has 0 radical (unpaired) electrons. The number of piperazine rings is 1. The van der Waals surface area contributed by atoms with Gasteiger partial charge in [0, 0.05) is 36.1 Å². The van der Waals surface area contributed by atoms with Gasteiger partial charge in [0.25, 0.3) is 0 Å². The Morgan fingerprint density at radius 2 is 1.80 bits per heavy atom. The first-order valence-corrected chi connectivity index (χ1v) is 13.2. The van der Waals surface area contributed by atoms with E-state index in [0.717, 1.165) is 16.5 Å². The zero-order chi connectivity index (χ0) is 24.6. The number of nitrogens with one attached hydrogen (secondary N) is 3. The number of benzene rings is 2. The van der Waals surface area contributed by atoms with Crippen molar-refractivity contribution in [3.05, 3.63) is 66.4 Å². The van der Waals surface area contributed by atoms with Crippen LogP contribution < -0.4 is 10.6 Å². The first-order valence-electron chi connectivity index (χ1n) is 11.5. The van der Waals surface area contributed by atoms with E-state index in [1.165, 1.54) is 12.1 Å². The van der Waals surface area contributed by atoms with Crippen molar-refractivity contribution in [1.82, 2.24) is 20.5 Å². The van der Waals surface area contributed by atoms with E-state index in [9.17, 15) is 22.8 Å². The summed E-state index contributed by atoms with van der Waals surface area (Å²) in [6, 6.07) is 13.9. The molecular formula is C25H26N4O5S. The quantitative estimate of drug-likeness (QED) is 0.474. The van der Waals surface area contributed by atoms with Crippen molar-refractivity contribution in [3.8, 4) is 0 Å². The fourth-order valence-corrected chi connectivity index (χ4v) is 6.12. The maximum Gasteiger partial charge on any atom is 0.246 e. The number of rotatable bonds is 6. The standard InChI is InChI=1S/C25H26N4O5S/c30-23(15-35(33,34)18-6-2-1-3-7-18)27-17-10-11-29-22(13-17)24(31)28-21(25(29)32)12-16-14-26-20-9-5-4-8-19(16)20/h1-9,14,17,21-22,26H,10-13,15H2,(H,27,30)(H,28,31)/t17-,21+,22-/m0/s1. The van der Waals surface area contributed by atoms with Gasteiger partial charge in [-0.05, 0) is 36.6 Å². The van der Waals surface area contributed by atoms with Gasteiger partial charge in [0.2, 0.25) is 17.7 Å². The fourth-order valence-electron chi connectivity index (χ4n) is 4.95. The molecule has 5 rings (SSSR count). The van der Waals surface area contributed by atoms with Crippen LogP contribution in [0, 0.1) is 0 Å². The Morgan fingerprint density at radius 1 is 1.06 bits per heavy atom. The second kappa shape index (κ2) is 9.18. The van der Waals surface area contributed by atoms with E-state index in [1.807, 2.05) is 30.5 Å². The molecule has 3 N–H and O–H groups in total. The molecule has 182 valence electrons. The molecule has 3 atom stereocenters. The lowest BCUT2D eigenvalue weighted by atomic mass is 9.91. The van der Waals surface area contributed by atoms with Crippen molar-refractivity contribution in [2.24, 2.45) is 0 Å². The molecule has 10 heteroatoms. The van der Waals surface area contributed by atoms with E-state index in [0.29, 0.717) is 19.4 Å². The second-order valence-corrected chi connectivity index (χ2v) is 11.0. The average molecular weight is 495 g/mol. The number of fused-ring (bicyclic) bond motifs is 2. The number of aromatic amines is 1. The molecule has 2 saturated heterocycles. The van der Waals surface area contributed by atoms with Gasteiger partial charge in [0.15, 0.2) is 9.84 Å². The lowest BCUT2D eigenvalue weighted by Gasteiger charge is -2.44. The molecule has 3 amide bonds. The lowest BCUT2D eigenvalue weighted by Crippen LogP contribution is -2.67. The molecule has 2 aliphatic rings. The maximum atomic E-state index is 13.2. The molecule has 3 heterocycles. The van der Waals surface area contributed by atoms with Crippen molar-refractivity contribution in [1.29, 1.82) is 0 Å². The molecule has 0 spiro atoms. The molecule has 0 saturated carbocycles. The smallest absolute Gasteiger partial charge is 0.246 e. The van der Waals surface area contributed by atoms with Gasteiger partial charge in [-0.1, -0.05) is 36.4 Å². The van der Waals surface area contributed by atoms with Crippen LogP contribution in [-0.4, -0.2) is 66.4 Å². The maximum absolute atomic E-state index is 13.2. The SMILES string of the molecule is O=C(CS(=O)(=O)c1ccccc1)N[C@H]1CCN2C(=O)[C@@H](Cc3c[nH]c4ccccc34)NC(=O)[C@@H]2C1. The molecule has 35 heavy (non-hydrogen) atoms. The Bertz CT molecular complexity index is 1390. The van der Waals surface area contributed by atoms with E-state index in [4.69, 9.17) is 0 Å². The number of para-hydroxylation sites is 1. The van der Waals surface area contributed by atoms with Crippen LogP contribution >= 0.6 is 0 Å². The third-order valence-corrected chi connectivity index (χ3v) is 8.32. The Kier molecular flexibility index (Phi) is 6.06. The van der Waals surface area contributed by atoms with Gasteiger partial charge in [-0.25, -0.2) is 8.42 Å². The molecule has 9 nitrogen and oxygen atoms in total. The van der Waals surface area contributed by atoms with Gasteiger partial charge in [0.05, 0.1) is 4.90 Å². The van der Waals surface area contributed by atoms with Crippen LogP contribution in [0.15, 0.2) is 65.7 Å². The zero-order valence-electron chi connectivity index (χ0n) is 18.9. The van der Waals surface area contributed by atoms with Gasteiger partial charge in [0.1, 0.15) is 17.8 Å². The Labute approximate surface area is 202 Å². The number of hydrogen-bond donors (Lipinski definition) is 3. The summed E-state index contributed by atoms with van der Waals surface area (Å²) in [5.74, 6) is -1.69. The number of carbonyl (C=O) groups is 3. The molecule has 3 aromatic rings. The first kappa shape index (κ1) is 23.1. The summed E-state index contributed by atoms with van der Waals surface area (Å²) in [6.45, 7) is 0.317. The van der Waals surface area contributed by atoms with Crippen LogP contribution in [0.2, 0.25) is 0 Å². The number of hydrogen-bond acceptors (Lipinski definition) is 5. The minimum atomic E-state index is -3.76. The van der Waals surface area contributed by atoms with Crippen LogP contribution in [0.3, 0.4) is 0 Å². The number of carbonyl (C=O) groups excluding carboxylic acids is 3. The van der Waals surface area contributed by atoms with Crippen molar-refractivity contribution < 1.29 is 22.8 Å². The van der Waals surface area contributed by atoms with Crippen molar-refractivity contribution in [3.63, 3.8) is 0 Å². The van der Waals surface area contributed by atoms with Crippen LogP contribution in [0.5, 0.6) is 0 Å². The van der Waals surface area contributed by atoms with Crippen molar-refractivity contribution >= 4 is 38.5 Å². The number of piperidine rings is 1. The molecule has 1 aromatic heterocycles. The summed E-state index contributed by atoms with van der Waals surface area (Å²) < 4.78 is 25.0. The van der Waals surface area contributed by atoms with Gasteiger partial charge < -0.3 is 20.5 Å². The summed E-state index contributed by atoms with van der Waals surface area (Å²) in [7, 11) is -3.76. The van der Waals surface area contributed by atoms with Gasteiger partial charge in [-0.2, -0.15) is 0 Å². The van der Waals surface area contributed by atoms with Crippen molar-refractivity contribution in [2.75, 3.05) is 12.3 Å². The molecule has 2 aromatic carbocycles. The van der Waals surface area contributed by atoms with E-state index in [2.05, 4.69) is 15.6 Å². The van der Waals surface area contributed by atoms with E-state index < -0.39 is 39.6 Å². The van der Waals surface area contributed by atoms with E-state index >= 15 is 0 Å². The molecule has 0 bridgehead atoms. The second-order valence-electron chi connectivity index (χ2n) is 9.03. The lowest BCUT2D eigenvalue weighted by molar-refractivity contribution is -0.151. The summed E-state index contributed by atoms with van der Waals surface area (Å²) in [6.07, 6.45) is 2.94. The Hall–Kier alpha value is -3.66. The van der Waals surface area contributed by atoms with Crippen LogP contribution in [-0.2, 0) is 30.6 Å². The van der Waals surface area contributed by atoms with Gasteiger partial charge >= 0.3 is 0 Å². The highest BCUT2D eigenvalue weighted by molar-refractivity contribution is 7.92. The first-order chi connectivity index (χ1) is 16.8. The number of nitrogens with zero attached hydrogens (tertiary/aromatic N) is 1. The topological polar surface area (TPSA) is 128 Å². The predicted octanol–water partition coefficient (Wildman–Crippen LogP) is 1.16. The third kappa shape index (κ3) is 4.66. The largest absolute Gasteiger partial charge is 0.361 e. The highest BCUT2D eigenvalue weighted by Gasteiger charge is 2.44. The Balaban J connectivity index is 1.21. The van der Waals surface area contributed by atoms with Gasteiger partial charge in [-0.15, -0.1) is 0 Å². The van der Waals surface area contributed by atoms with Crippen LogP contribution in [0.25, 0.3) is 10.9 Å². The number of amides is 3. The minimum absolute atomic E-state index is 0.0865. The molecular weight excluding hydrogens is 468 g/mol. The monoisotopic (exact) mass is 494 g/mol. The van der Waals surface area contributed by atoms with Gasteiger partial charge in [-0.3, -0.25) is 14.4 Å². The summed E-state index contributed by atoms with van der Waals surface area (Å²) in [4.78, 5) is 43.4. The zero-order valence-corrected chi connectivity index (χ0v) is 19.8. The average Bonchev–Trinajstić information content (AvgIpc) is 3.25. The summed E-state index contributed by atoms with van der Waals surface area (Å²) >= 11 is 0. The predicted molar refractivity (Wildman–Crippen MR) is 129 cm³/mol. The summed E-state index contributed by atoms with van der Waals surface area (Å²) in [5, 5.41) is 6.61. The Morgan fingerprint density at radius 3 is 2.60 bits per heavy atom. The van der Waals surface area contributed by atoms with E-state index in [1.54, 1.807) is 23.1 Å². The van der Waals surface area contributed by atoms with E-state index in [-0.39, 0.29) is 23.1 Å². The van der Waals surface area contributed by atoms with Crippen LogP contribution in [0.1, 0.15) is 18.4 Å². The highest BCUT2D eigenvalue weighted by atomic mass is 32.2.